The van der Waals surface area contributed by atoms with Gasteiger partial charge in [-0.15, -0.1) is 0 Å². The van der Waals surface area contributed by atoms with Crippen LogP contribution in [0.5, 0.6) is 0 Å². The lowest BCUT2D eigenvalue weighted by atomic mass is 10.1. The van der Waals surface area contributed by atoms with E-state index < -0.39 is 0 Å². The summed E-state index contributed by atoms with van der Waals surface area (Å²) in [6, 6.07) is 7.77. The Hall–Kier alpha value is -1.80. The summed E-state index contributed by atoms with van der Waals surface area (Å²) in [7, 11) is 1.92. The maximum absolute atomic E-state index is 9.09. The number of nitriles is 1. The molecule has 98 valence electrons. The highest BCUT2D eigenvalue weighted by molar-refractivity contribution is 9.10. The minimum absolute atomic E-state index is 0.644. The molecule has 1 aromatic heterocycles. The van der Waals surface area contributed by atoms with Crippen molar-refractivity contribution >= 4 is 21.6 Å². The molecule has 0 bridgehead atoms. The number of aryl methyl sites for hydroxylation is 2. The van der Waals surface area contributed by atoms with E-state index in [0.29, 0.717) is 12.1 Å². The first-order chi connectivity index (χ1) is 9.13. The summed E-state index contributed by atoms with van der Waals surface area (Å²) in [6.45, 7) is 2.76. The molecule has 0 aliphatic carbocycles. The van der Waals surface area contributed by atoms with Crippen LogP contribution in [0.1, 0.15) is 23.7 Å². The van der Waals surface area contributed by atoms with Crippen molar-refractivity contribution in [3.8, 4) is 6.07 Å². The summed E-state index contributed by atoms with van der Waals surface area (Å²) in [5.74, 6) is 0. The second-order valence-electron chi connectivity index (χ2n) is 4.28. The van der Waals surface area contributed by atoms with E-state index in [2.05, 4.69) is 39.3 Å². The fourth-order valence-corrected chi connectivity index (χ4v) is 2.34. The Bertz CT molecular complexity index is 625. The van der Waals surface area contributed by atoms with Crippen LogP contribution in [0.4, 0.5) is 5.69 Å². The van der Waals surface area contributed by atoms with Gasteiger partial charge in [0, 0.05) is 29.8 Å². The second-order valence-corrected chi connectivity index (χ2v) is 5.20. The van der Waals surface area contributed by atoms with Gasteiger partial charge in [-0.1, -0.05) is 22.9 Å². The summed E-state index contributed by atoms with van der Waals surface area (Å²) in [5, 5.41) is 16.8. The predicted molar refractivity (Wildman–Crippen MR) is 78.8 cm³/mol. The van der Waals surface area contributed by atoms with Crippen molar-refractivity contribution in [1.82, 2.24) is 9.78 Å². The zero-order chi connectivity index (χ0) is 13.8. The number of benzene rings is 1. The number of anilines is 1. The van der Waals surface area contributed by atoms with Crippen molar-refractivity contribution in [1.29, 1.82) is 5.26 Å². The van der Waals surface area contributed by atoms with Crippen LogP contribution in [0.2, 0.25) is 0 Å². The van der Waals surface area contributed by atoms with Gasteiger partial charge in [-0.25, -0.2) is 0 Å². The number of nitrogens with zero attached hydrogens (tertiary/aromatic N) is 3. The van der Waals surface area contributed by atoms with E-state index >= 15 is 0 Å². The van der Waals surface area contributed by atoms with E-state index in [-0.39, 0.29) is 0 Å². The third kappa shape index (κ3) is 3.15. The molecular formula is C14H15BrN4. The zero-order valence-corrected chi connectivity index (χ0v) is 12.5. The molecule has 0 amide bonds. The molecule has 19 heavy (non-hydrogen) atoms. The summed E-state index contributed by atoms with van der Waals surface area (Å²) in [4.78, 5) is 0. The number of hydrogen-bond acceptors (Lipinski definition) is 3. The summed E-state index contributed by atoms with van der Waals surface area (Å²) >= 11 is 3.42. The Morgan fingerprint density at radius 2 is 2.26 bits per heavy atom. The number of rotatable bonds is 4. The van der Waals surface area contributed by atoms with E-state index in [1.54, 1.807) is 6.07 Å². The van der Waals surface area contributed by atoms with E-state index in [0.717, 1.165) is 27.8 Å². The molecule has 2 aromatic rings. The smallest absolute Gasteiger partial charge is 0.101 e. The first-order valence-corrected chi connectivity index (χ1v) is 6.88. The Balaban J connectivity index is 2.18. The second kappa shape index (κ2) is 5.89. The van der Waals surface area contributed by atoms with E-state index in [9.17, 15) is 0 Å². The van der Waals surface area contributed by atoms with Crippen LogP contribution >= 0.6 is 15.9 Å². The highest BCUT2D eigenvalue weighted by atomic mass is 79.9. The van der Waals surface area contributed by atoms with Crippen LogP contribution in [0.25, 0.3) is 0 Å². The molecule has 0 atom stereocenters. The van der Waals surface area contributed by atoms with E-state index in [1.807, 2.05) is 30.1 Å². The van der Waals surface area contributed by atoms with Crippen LogP contribution < -0.4 is 5.32 Å². The average Bonchev–Trinajstić information content (AvgIpc) is 2.77. The molecule has 0 aliphatic rings. The van der Waals surface area contributed by atoms with Crippen molar-refractivity contribution in [2.45, 2.75) is 19.9 Å². The normalized spacial score (nSPS) is 10.2. The molecule has 0 radical (unpaired) electrons. The molecule has 0 saturated heterocycles. The molecule has 5 heteroatoms. The summed E-state index contributed by atoms with van der Waals surface area (Å²) < 4.78 is 2.78. The van der Waals surface area contributed by atoms with Crippen molar-refractivity contribution in [3.05, 3.63) is 45.7 Å². The van der Waals surface area contributed by atoms with Crippen LogP contribution in [0.3, 0.4) is 0 Å². The molecular weight excluding hydrogens is 304 g/mol. The average molecular weight is 319 g/mol. The van der Waals surface area contributed by atoms with Gasteiger partial charge in [0.25, 0.3) is 0 Å². The van der Waals surface area contributed by atoms with Gasteiger partial charge in [0.15, 0.2) is 0 Å². The lowest BCUT2D eigenvalue weighted by molar-refractivity contribution is 0.746. The SMILES string of the molecule is CCc1nn(C)cc1CNc1cc(Br)ccc1C#N. The minimum Gasteiger partial charge on any atom is -0.380 e. The first-order valence-electron chi connectivity index (χ1n) is 6.09. The van der Waals surface area contributed by atoms with Crippen molar-refractivity contribution in [3.63, 3.8) is 0 Å². The summed E-state index contributed by atoms with van der Waals surface area (Å²) in [5.41, 5.74) is 3.73. The van der Waals surface area contributed by atoms with E-state index in [1.165, 1.54) is 0 Å². The van der Waals surface area contributed by atoms with Crippen molar-refractivity contribution in [2.75, 3.05) is 5.32 Å². The molecule has 1 N–H and O–H groups in total. The first kappa shape index (κ1) is 13.6. The van der Waals surface area contributed by atoms with Crippen LogP contribution in [-0.2, 0) is 20.0 Å². The van der Waals surface area contributed by atoms with Crippen molar-refractivity contribution < 1.29 is 0 Å². The van der Waals surface area contributed by atoms with Gasteiger partial charge in [-0.05, 0) is 24.6 Å². The number of nitrogens with one attached hydrogen (secondary N) is 1. The highest BCUT2D eigenvalue weighted by Gasteiger charge is 2.07. The molecule has 0 unspecified atom stereocenters. The maximum atomic E-state index is 9.09. The van der Waals surface area contributed by atoms with E-state index in [4.69, 9.17) is 5.26 Å². The Morgan fingerprint density at radius 1 is 1.47 bits per heavy atom. The van der Waals surface area contributed by atoms with Gasteiger partial charge in [-0.3, -0.25) is 4.68 Å². The van der Waals surface area contributed by atoms with Gasteiger partial charge >= 0.3 is 0 Å². The van der Waals surface area contributed by atoms with Gasteiger partial charge < -0.3 is 5.32 Å². The van der Waals surface area contributed by atoms with Crippen LogP contribution in [0, 0.1) is 11.3 Å². The third-order valence-corrected chi connectivity index (χ3v) is 3.39. The minimum atomic E-state index is 0.644. The van der Waals surface area contributed by atoms with Crippen LogP contribution in [0.15, 0.2) is 28.9 Å². The number of halogens is 1. The molecule has 0 fully saturated rings. The molecule has 0 spiro atoms. The fraction of sp³-hybridized carbons (Fsp3) is 0.286. The highest BCUT2D eigenvalue weighted by Crippen LogP contribution is 2.22. The van der Waals surface area contributed by atoms with Gasteiger partial charge in [0.2, 0.25) is 0 Å². The van der Waals surface area contributed by atoms with Gasteiger partial charge in [0.1, 0.15) is 6.07 Å². The Kier molecular flexibility index (Phi) is 4.23. The quantitative estimate of drug-likeness (QED) is 0.941. The predicted octanol–water partition coefficient (Wildman–Crippen LogP) is 3.23. The van der Waals surface area contributed by atoms with Gasteiger partial charge in [0.05, 0.1) is 16.9 Å². The Morgan fingerprint density at radius 3 is 2.95 bits per heavy atom. The topological polar surface area (TPSA) is 53.6 Å². The Labute approximate surface area is 121 Å². The van der Waals surface area contributed by atoms with Crippen LogP contribution in [-0.4, -0.2) is 9.78 Å². The van der Waals surface area contributed by atoms with Gasteiger partial charge in [-0.2, -0.15) is 10.4 Å². The molecule has 0 saturated carbocycles. The molecule has 0 aliphatic heterocycles. The zero-order valence-electron chi connectivity index (χ0n) is 10.9. The maximum Gasteiger partial charge on any atom is 0.101 e. The molecule has 4 nitrogen and oxygen atoms in total. The number of aromatic nitrogens is 2. The lowest BCUT2D eigenvalue weighted by Crippen LogP contribution is -2.02. The summed E-state index contributed by atoms with van der Waals surface area (Å²) in [6.07, 6.45) is 2.91. The third-order valence-electron chi connectivity index (χ3n) is 2.90. The molecule has 1 aromatic carbocycles. The standard InChI is InChI=1S/C14H15BrN4/c1-3-13-11(9-19(2)18-13)8-17-14-6-12(15)5-4-10(14)7-16/h4-6,9,17H,3,8H2,1-2H3. The molecule has 2 rings (SSSR count). The largest absolute Gasteiger partial charge is 0.380 e. The van der Waals surface area contributed by atoms with Crippen molar-refractivity contribution in [2.24, 2.45) is 7.05 Å². The monoisotopic (exact) mass is 318 g/mol. The number of hydrogen-bond donors (Lipinski definition) is 1. The molecule has 1 heterocycles. The lowest BCUT2D eigenvalue weighted by Gasteiger charge is -2.08. The fourth-order valence-electron chi connectivity index (χ4n) is 1.98.